The zero-order chi connectivity index (χ0) is 19.4. The second-order valence-electron chi connectivity index (χ2n) is 6.89. The van der Waals surface area contributed by atoms with Crippen molar-refractivity contribution in [2.75, 3.05) is 19.7 Å². The second-order valence-corrected chi connectivity index (χ2v) is 6.89. The van der Waals surface area contributed by atoms with Gasteiger partial charge in [-0.3, -0.25) is 14.4 Å². The molecule has 0 aromatic carbocycles. The normalized spacial score (nSPS) is 17.8. The van der Waals surface area contributed by atoms with E-state index in [1.807, 2.05) is 0 Å². The Labute approximate surface area is 144 Å². The standard InChI is InChI=1S/C16H24F3NO5/c1-5-24-12(21)11(13(22)25-15(2,3)4)10-6-8-20(9-7-10)14(23)16(17,18)19/h10-11H,5-9H2,1-4H3. The maximum Gasteiger partial charge on any atom is 0.471 e. The van der Waals surface area contributed by atoms with E-state index in [1.54, 1.807) is 27.7 Å². The minimum Gasteiger partial charge on any atom is -0.465 e. The molecule has 1 aliphatic rings. The molecule has 9 heteroatoms. The van der Waals surface area contributed by atoms with Crippen molar-refractivity contribution >= 4 is 17.8 Å². The largest absolute Gasteiger partial charge is 0.471 e. The van der Waals surface area contributed by atoms with E-state index in [9.17, 15) is 27.6 Å². The molecule has 0 saturated carbocycles. The summed E-state index contributed by atoms with van der Waals surface area (Å²) in [6.07, 6.45) is -4.76. The lowest BCUT2D eigenvalue weighted by molar-refractivity contribution is -0.187. The zero-order valence-electron chi connectivity index (χ0n) is 14.8. The Morgan fingerprint density at radius 3 is 2.00 bits per heavy atom. The van der Waals surface area contributed by atoms with Crippen molar-refractivity contribution in [1.29, 1.82) is 0 Å². The first-order valence-corrected chi connectivity index (χ1v) is 8.12. The molecule has 1 unspecified atom stereocenters. The fourth-order valence-corrected chi connectivity index (χ4v) is 2.69. The van der Waals surface area contributed by atoms with E-state index in [2.05, 4.69) is 0 Å². The third-order valence-corrected chi connectivity index (χ3v) is 3.74. The summed E-state index contributed by atoms with van der Waals surface area (Å²) in [6.45, 7) is 6.26. The van der Waals surface area contributed by atoms with Gasteiger partial charge < -0.3 is 14.4 Å². The van der Waals surface area contributed by atoms with Crippen LogP contribution in [0.2, 0.25) is 0 Å². The molecule has 0 aliphatic carbocycles. The third-order valence-electron chi connectivity index (χ3n) is 3.74. The van der Waals surface area contributed by atoms with Gasteiger partial charge in [0.2, 0.25) is 0 Å². The van der Waals surface area contributed by atoms with Crippen LogP contribution in [-0.2, 0) is 23.9 Å². The lowest BCUT2D eigenvalue weighted by Crippen LogP contribution is -2.48. The number of carbonyl (C=O) groups excluding carboxylic acids is 3. The molecule has 1 fully saturated rings. The highest BCUT2D eigenvalue weighted by molar-refractivity contribution is 5.95. The first-order chi connectivity index (χ1) is 11.4. The van der Waals surface area contributed by atoms with E-state index in [1.165, 1.54) is 0 Å². The number of hydrogen-bond acceptors (Lipinski definition) is 5. The molecule has 1 amide bonds. The average molecular weight is 367 g/mol. The maximum absolute atomic E-state index is 12.5. The molecule has 0 spiro atoms. The highest BCUT2D eigenvalue weighted by Crippen LogP contribution is 2.30. The first kappa shape index (κ1) is 21.2. The summed E-state index contributed by atoms with van der Waals surface area (Å²) in [5.74, 6) is -5.16. The van der Waals surface area contributed by atoms with Gasteiger partial charge in [-0.2, -0.15) is 13.2 Å². The number of hydrogen-bond donors (Lipinski definition) is 0. The lowest BCUT2D eigenvalue weighted by atomic mass is 9.84. The highest BCUT2D eigenvalue weighted by Gasteiger charge is 2.46. The maximum atomic E-state index is 12.5. The van der Waals surface area contributed by atoms with Crippen LogP contribution in [0, 0.1) is 11.8 Å². The van der Waals surface area contributed by atoms with Gasteiger partial charge in [0.1, 0.15) is 5.60 Å². The molecule has 0 aromatic heterocycles. The number of nitrogens with zero attached hydrogens (tertiary/aromatic N) is 1. The van der Waals surface area contributed by atoms with Crippen molar-refractivity contribution in [2.45, 2.75) is 52.3 Å². The van der Waals surface area contributed by atoms with E-state index in [0.29, 0.717) is 4.90 Å². The smallest absolute Gasteiger partial charge is 0.465 e. The molecule has 1 saturated heterocycles. The van der Waals surface area contributed by atoms with Crippen LogP contribution in [-0.4, -0.2) is 54.2 Å². The summed E-state index contributed by atoms with van der Waals surface area (Å²) in [5, 5.41) is 0. The van der Waals surface area contributed by atoms with Crippen molar-refractivity contribution < 1.29 is 37.0 Å². The second kappa shape index (κ2) is 8.05. The molecule has 1 atom stereocenters. The van der Waals surface area contributed by atoms with Gasteiger partial charge in [0.25, 0.3) is 0 Å². The zero-order valence-corrected chi connectivity index (χ0v) is 14.8. The van der Waals surface area contributed by atoms with E-state index in [4.69, 9.17) is 9.47 Å². The molecule has 1 heterocycles. The number of amides is 1. The highest BCUT2D eigenvalue weighted by atomic mass is 19.4. The van der Waals surface area contributed by atoms with Crippen molar-refractivity contribution in [3.63, 3.8) is 0 Å². The van der Waals surface area contributed by atoms with Gasteiger partial charge in [0, 0.05) is 13.1 Å². The van der Waals surface area contributed by atoms with Crippen LogP contribution in [0.15, 0.2) is 0 Å². The van der Waals surface area contributed by atoms with Gasteiger partial charge in [-0.25, -0.2) is 0 Å². The minimum absolute atomic E-state index is 0.0730. The van der Waals surface area contributed by atoms with Crippen molar-refractivity contribution in [1.82, 2.24) is 4.90 Å². The van der Waals surface area contributed by atoms with Crippen molar-refractivity contribution in [3.05, 3.63) is 0 Å². The average Bonchev–Trinajstić information content (AvgIpc) is 2.45. The van der Waals surface area contributed by atoms with E-state index in [-0.39, 0.29) is 32.5 Å². The molecule has 0 bridgehead atoms. The van der Waals surface area contributed by atoms with Crippen molar-refractivity contribution in [3.8, 4) is 0 Å². The summed E-state index contributed by atoms with van der Waals surface area (Å²) in [7, 11) is 0. The Balaban J connectivity index is 2.83. The first-order valence-electron chi connectivity index (χ1n) is 8.12. The number of ether oxygens (including phenoxy) is 2. The minimum atomic E-state index is -4.93. The number of esters is 2. The van der Waals surface area contributed by atoms with Gasteiger partial charge in [-0.1, -0.05) is 0 Å². The van der Waals surface area contributed by atoms with Gasteiger partial charge in [-0.05, 0) is 46.5 Å². The molecule has 0 radical (unpaired) electrons. The fraction of sp³-hybridized carbons (Fsp3) is 0.812. The molecule has 6 nitrogen and oxygen atoms in total. The summed E-state index contributed by atoms with van der Waals surface area (Å²) < 4.78 is 47.6. The molecule has 1 rings (SSSR count). The van der Waals surface area contributed by atoms with Crippen LogP contribution < -0.4 is 0 Å². The number of carbonyl (C=O) groups is 3. The van der Waals surface area contributed by atoms with E-state index >= 15 is 0 Å². The Kier molecular flexibility index (Phi) is 6.84. The monoisotopic (exact) mass is 367 g/mol. The summed E-state index contributed by atoms with van der Waals surface area (Å²) in [5.41, 5.74) is -0.811. The van der Waals surface area contributed by atoms with Gasteiger partial charge >= 0.3 is 24.0 Å². The molecule has 1 aliphatic heterocycles. The topological polar surface area (TPSA) is 72.9 Å². The Hall–Kier alpha value is -1.80. The van der Waals surface area contributed by atoms with Crippen LogP contribution in [0.4, 0.5) is 13.2 Å². The van der Waals surface area contributed by atoms with E-state index in [0.717, 1.165) is 0 Å². The molecule has 25 heavy (non-hydrogen) atoms. The van der Waals surface area contributed by atoms with Crippen LogP contribution in [0.5, 0.6) is 0 Å². The quantitative estimate of drug-likeness (QED) is 0.563. The molecular formula is C16H24F3NO5. The molecule has 0 N–H and O–H groups in total. The Morgan fingerprint density at radius 1 is 1.08 bits per heavy atom. The summed E-state index contributed by atoms with van der Waals surface area (Å²) in [6, 6.07) is 0. The predicted molar refractivity (Wildman–Crippen MR) is 81.3 cm³/mol. The number of halogens is 3. The van der Waals surface area contributed by atoms with Crippen LogP contribution in [0.3, 0.4) is 0 Å². The number of alkyl halides is 3. The molecule has 0 aromatic rings. The summed E-state index contributed by atoms with van der Waals surface area (Å²) >= 11 is 0. The van der Waals surface area contributed by atoms with Crippen LogP contribution >= 0.6 is 0 Å². The Bertz CT molecular complexity index is 505. The van der Waals surface area contributed by atoms with Gasteiger partial charge in [0.15, 0.2) is 5.92 Å². The fourth-order valence-electron chi connectivity index (χ4n) is 2.69. The number of piperidine rings is 1. The predicted octanol–water partition coefficient (Wildman–Crippen LogP) is 2.31. The Morgan fingerprint density at radius 2 is 1.60 bits per heavy atom. The number of rotatable bonds is 4. The third kappa shape index (κ3) is 6.21. The lowest BCUT2D eigenvalue weighted by Gasteiger charge is -2.35. The van der Waals surface area contributed by atoms with Gasteiger partial charge in [0.05, 0.1) is 6.61 Å². The van der Waals surface area contributed by atoms with E-state index < -0.39 is 41.5 Å². The SMILES string of the molecule is CCOC(=O)C(C(=O)OC(C)(C)C)C1CCN(C(=O)C(F)(F)F)CC1. The molecular weight excluding hydrogens is 343 g/mol. The van der Waals surface area contributed by atoms with Crippen molar-refractivity contribution in [2.24, 2.45) is 11.8 Å². The number of likely N-dealkylation sites (tertiary alicyclic amines) is 1. The molecule has 144 valence electrons. The van der Waals surface area contributed by atoms with Crippen LogP contribution in [0.1, 0.15) is 40.5 Å². The van der Waals surface area contributed by atoms with Gasteiger partial charge in [-0.15, -0.1) is 0 Å². The van der Waals surface area contributed by atoms with Crippen LogP contribution in [0.25, 0.3) is 0 Å². The summed E-state index contributed by atoms with van der Waals surface area (Å²) in [4.78, 5) is 36.5.